The number of pyridine rings is 1. The third-order valence-electron chi connectivity index (χ3n) is 4.20. The van der Waals surface area contributed by atoms with E-state index in [0.29, 0.717) is 30.3 Å². The highest BCUT2D eigenvalue weighted by molar-refractivity contribution is 9.10. The Balaban J connectivity index is 1.74. The molecule has 1 aliphatic carbocycles. The van der Waals surface area contributed by atoms with Gasteiger partial charge in [-0.15, -0.1) is 0 Å². The van der Waals surface area contributed by atoms with E-state index in [0.717, 1.165) is 10.2 Å². The number of amidine groups is 1. The Kier molecular flexibility index (Phi) is 4.63. The Morgan fingerprint density at radius 3 is 2.86 bits per heavy atom. The third kappa shape index (κ3) is 3.31. The normalized spacial score (nSPS) is 23.0. The van der Waals surface area contributed by atoms with Crippen LogP contribution in [0.4, 0.5) is 0 Å². The summed E-state index contributed by atoms with van der Waals surface area (Å²) in [5, 5.41) is 7.62. The van der Waals surface area contributed by atoms with Gasteiger partial charge in [-0.2, -0.15) is 0 Å². The molecule has 1 unspecified atom stereocenters. The Labute approximate surface area is 133 Å². The van der Waals surface area contributed by atoms with Crippen LogP contribution >= 0.6 is 15.9 Å². The average molecular weight is 354 g/mol. The number of hydrogen-bond acceptors (Lipinski definition) is 5. The van der Waals surface area contributed by atoms with Gasteiger partial charge in [0.05, 0.1) is 17.6 Å². The van der Waals surface area contributed by atoms with E-state index < -0.39 is 0 Å². The molecule has 0 amide bonds. The van der Waals surface area contributed by atoms with E-state index in [2.05, 4.69) is 31.4 Å². The van der Waals surface area contributed by atoms with Crippen LogP contribution in [-0.2, 0) is 4.84 Å². The second-order valence-corrected chi connectivity index (χ2v) is 6.43. The molecular weight excluding hydrogens is 334 g/mol. The van der Waals surface area contributed by atoms with Gasteiger partial charge in [-0.3, -0.25) is 0 Å². The number of ether oxygens (including phenoxy) is 1. The fourth-order valence-corrected chi connectivity index (χ4v) is 3.42. The second-order valence-electron chi connectivity index (χ2n) is 5.57. The maximum absolute atomic E-state index is 5.44. The number of halogens is 1. The van der Waals surface area contributed by atoms with E-state index in [9.17, 15) is 0 Å². The number of aromatic nitrogens is 1. The minimum absolute atomic E-state index is 0.328. The highest BCUT2D eigenvalue weighted by atomic mass is 79.9. The molecule has 2 aliphatic rings. The summed E-state index contributed by atoms with van der Waals surface area (Å²) in [5.74, 6) is 1.92. The van der Waals surface area contributed by atoms with Crippen LogP contribution in [0.1, 0.15) is 37.8 Å². The summed E-state index contributed by atoms with van der Waals surface area (Å²) in [6.45, 7) is 0.641. The molecule has 3 rings (SSSR count). The van der Waals surface area contributed by atoms with Crippen LogP contribution in [0.25, 0.3) is 0 Å². The first-order valence-electron chi connectivity index (χ1n) is 7.45. The Morgan fingerprint density at radius 2 is 2.10 bits per heavy atom. The quantitative estimate of drug-likeness (QED) is 0.906. The summed E-state index contributed by atoms with van der Waals surface area (Å²) < 4.78 is 6.07. The highest BCUT2D eigenvalue weighted by Crippen LogP contribution is 2.28. The molecule has 2 heterocycles. The minimum atomic E-state index is 0.328. The molecular formula is C15H20BrN3O2. The fraction of sp³-hybridized carbons (Fsp3) is 0.600. The van der Waals surface area contributed by atoms with Gasteiger partial charge in [-0.25, -0.2) is 4.98 Å². The zero-order valence-electron chi connectivity index (χ0n) is 12.1. The van der Waals surface area contributed by atoms with Crippen molar-refractivity contribution in [3.63, 3.8) is 0 Å². The van der Waals surface area contributed by atoms with Crippen LogP contribution < -0.4 is 10.1 Å². The number of nitrogens with one attached hydrogen (secondary N) is 1. The summed E-state index contributed by atoms with van der Waals surface area (Å²) >= 11 is 3.41. The van der Waals surface area contributed by atoms with Gasteiger partial charge in [0.1, 0.15) is 12.3 Å². The number of rotatable bonds is 3. The van der Waals surface area contributed by atoms with E-state index in [-0.39, 0.29) is 0 Å². The molecule has 0 aromatic carbocycles. The molecule has 6 heteroatoms. The van der Waals surface area contributed by atoms with Crippen LogP contribution in [0, 0.1) is 5.92 Å². The number of methoxy groups -OCH3 is 1. The van der Waals surface area contributed by atoms with Crippen molar-refractivity contribution in [2.24, 2.45) is 11.1 Å². The molecule has 0 radical (unpaired) electrons. The zero-order chi connectivity index (χ0) is 14.7. The Bertz CT molecular complexity index is 530. The summed E-state index contributed by atoms with van der Waals surface area (Å²) in [4.78, 5) is 9.89. The third-order valence-corrected chi connectivity index (χ3v) is 4.80. The number of hydrogen-bond donors (Lipinski definition) is 1. The van der Waals surface area contributed by atoms with E-state index >= 15 is 0 Å². The van der Waals surface area contributed by atoms with Crippen molar-refractivity contribution in [1.82, 2.24) is 10.3 Å². The van der Waals surface area contributed by atoms with Crippen LogP contribution in [-0.4, -0.2) is 30.6 Å². The first-order valence-corrected chi connectivity index (χ1v) is 8.24. The number of oxime groups is 1. The van der Waals surface area contributed by atoms with E-state index in [1.54, 1.807) is 7.11 Å². The lowest BCUT2D eigenvalue weighted by Crippen LogP contribution is -2.47. The van der Waals surface area contributed by atoms with Crippen molar-refractivity contribution >= 4 is 21.8 Å². The van der Waals surface area contributed by atoms with E-state index in [4.69, 9.17) is 9.57 Å². The van der Waals surface area contributed by atoms with Crippen molar-refractivity contribution in [2.75, 3.05) is 13.7 Å². The molecule has 1 atom stereocenters. The van der Waals surface area contributed by atoms with Crippen LogP contribution in [0.5, 0.6) is 5.88 Å². The lowest BCUT2D eigenvalue weighted by atomic mass is 9.84. The highest BCUT2D eigenvalue weighted by Gasteiger charge is 2.28. The summed E-state index contributed by atoms with van der Waals surface area (Å²) in [5.41, 5.74) is 0.746. The molecule has 1 aromatic heterocycles. The first kappa shape index (κ1) is 14.6. The van der Waals surface area contributed by atoms with Crippen molar-refractivity contribution in [1.29, 1.82) is 0 Å². The maximum atomic E-state index is 5.44. The van der Waals surface area contributed by atoms with Crippen LogP contribution in [0.2, 0.25) is 0 Å². The first-order chi connectivity index (χ1) is 10.3. The monoisotopic (exact) mass is 353 g/mol. The van der Waals surface area contributed by atoms with Crippen LogP contribution in [0.3, 0.4) is 0 Å². The molecule has 1 aromatic rings. The lowest BCUT2D eigenvalue weighted by molar-refractivity contribution is 0.0811. The summed E-state index contributed by atoms with van der Waals surface area (Å²) in [7, 11) is 1.61. The van der Waals surface area contributed by atoms with Gasteiger partial charge in [0.2, 0.25) is 5.88 Å². The molecule has 1 N–H and O–H groups in total. The topological polar surface area (TPSA) is 55.7 Å². The standard InChI is InChI=1S/C15H20BrN3O2/c1-20-15-11(16)7-8-12(18-15)14-17-13(9-21-19-14)10-5-3-2-4-6-10/h7-8,10,13H,2-6,9H2,1H3,(H,17,19). The minimum Gasteiger partial charge on any atom is -0.480 e. The predicted octanol–water partition coefficient (Wildman–Crippen LogP) is 3.08. The molecule has 21 heavy (non-hydrogen) atoms. The zero-order valence-corrected chi connectivity index (χ0v) is 13.7. The van der Waals surface area contributed by atoms with Crippen molar-refractivity contribution < 1.29 is 9.57 Å². The van der Waals surface area contributed by atoms with Gasteiger partial charge in [0, 0.05) is 0 Å². The Hall–Kier alpha value is -1.30. The fourth-order valence-electron chi connectivity index (χ4n) is 3.04. The van der Waals surface area contributed by atoms with Crippen molar-refractivity contribution in [3.05, 3.63) is 22.3 Å². The SMILES string of the molecule is COc1nc(C2=NOCC(C3CCCCC3)N2)ccc1Br. The van der Waals surface area contributed by atoms with Gasteiger partial charge in [0.25, 0.3) is 0 Å². The van der Waals surface area contributed by atoms with Gasteiger partial charge in [-0.1, -0.05) is 24.4 Å². The summed E-state index contributed by atoms with van der Waals surface area (Å²) in [6.07, 6.45) is 6.53. The molecule has 5 nitrogen and oxygen atoms in total. The molecule has 1 saturated carbocycles. The van der Waals surface area contributed by atoms with E-state index in [1.165, 1.54) is 32.1 Å². The summed E-state index contributed by atoms with van der Waals surface area (Å²) in [6, 6.07) is 4.15. The second kappa shape index (κ2) is 6.64. The molecule has 114 valence electrons. The largest absolute Gasteiger partial charge is 0.480 e. The van der Waals surface area contributed by atoms with Crippen molar-refractivity contribution in [2.45, 2.75) is 38.1 Å². The van der Waals surface area contributed by atoms with Gasteiger partial charge in [-0.05, 0) is 46.8 Å². The van der Waals surface area contributed by atoms with Gasteiger partial charge < -0.3 is 14.9 Å². The molecule has 0 saturated heterocycles. The molecule has 0 bridgehead atoms. The molecule has 0 spiro atoms. The van der Waals surface area contributed by atoms with Crippen LogP contribution in [0.15, 0.2) is 21.8 Å². The molecule has 1 aliphatic heterocycles. The van der Waals surface area contributed by atoms with E-state index in [1.807, 2.05) is 12.1 Å². The van der Waals surface area contributed by atoms with Crippen molar-refractivity contribution in [3.8, 4) is 5.88 Å². The lowest BCUT2D eigenvalue weighted by Gasteiger charge is -2.33. The average Bonchev–Trinajstić information content (AvgIpc) is 2.56. The Morgan fingerprint density at radius 1 is 1.29 bits per heavy atom. The molecule has 1 fully saturated rings. The predicted molar refractivity (Wildman–Crippen MR) is 84.5 cm³/mol. The number of nitrogens with zero attached hydrogens (tertiary/aromatic N) is 2. The smallest absolute Gasteiger partial charge is 0.228 e. The van der Waals surface area contributed by atoms with Gasteiger partial charge >= 0.3 is 0 Å². The van der Waals surface area contributed by atoms with Gasteiger partial charge in [0.15, 0.2) is 5.84 Å². The maximum Gasteiger partial charge on any atom is 0.228 e.